The van der Waals surface area contributed by atoms with Gasteiger partial charge in [0.15, 0.2) is 0 Å². The molecule has 1 unspecified atom stereocenters. The Morgan fingerprint density at radius 1 is 1.21 bits per heavy atom. The second kappa shape index (κ2) is 7.30. The van der Waals surface area contributed by atoms with Crippen molar-refractivity contribution in [1.29, 1.82) is 0 Å². The molecule has 0 spiro atoms. The number of hydrogen-bond acceptors (Lipinski definition) is 6. The molecule has 2 aromatic heterocycles. The molecule has 5 rings (SSSR count). The van der Waals surface area contributed by atoms with Crippen LogP contribution in [-0.2, 0) is 5.41 Å². The van der Waals surface area contributed by atoms with Crippen molar-refractivity contribution in [3.05, 3.63) is 58.9 Å². The SMILES string of the molecule is NC1CCC2=C(CC(c3ccc(NCC4(c5ncccc5F)CCC4)nn3)=N2)C1. The Bertz CT molecular complexity index is 977. The van der Waals surface area contributed by atoms with Gasteiger partial charge in [-0.2, -0.15) is 0 Å². The topological polar surface area (TPSA) is 89.1 Å². The first-order valence-corrected chi connectivity index (χ1v) is 10.4. The standard InChI is InChI=1S/C22H25FN6/c23-16-3-1-10-25-21(16)22(8-2-9-22)13-26-20-7-6-18(28-29-20)19-12-14-11-15(24)4-5-17(14)27-19/h1,3,6-7,10,15H,2,4-5,8-9,11-13,24H2,(H,26,29). The van der Waals surface area contributed by atoms with Crippen molar-refractivity contribution < 1.29 is 4.39 Å². The summed E-state index contributed by atoms with van der Waals surface area (Å²) in [6.45, 7) is 0.601. The van der Waals surface area contributed by atoms with Gasteiger partial charge in [0.1, 0.15) is 17.3 Å². The van der Waals surface area contributed by atoms with E-state index in [2.05, 4.69) is 20.5 Å². The van der Waals surface area contributed by atoms with Crippen molar-refractivity contribution in [2.45, 2.75) is 56.4 Å². The van der Waals surface area contributed by atoms with Crippen LogP contribution in [0.2, 0.25) is 0 Å². The maximum Gasteiger partial charge on any atom is 0.148 e. The Labute approximate surface area is 169 Å². The third kappa shape index (κ3) is 3.44. The first-order valence-electron chi connectivity index (χ1n) is 10.4. The Morgan fingerprint density at radius 2 is 2.10 bits per heavy atom. The number of nitrogens with two attached hydrogens (primary N) is 1. The van der Waals surface area contributed by atoms with E-state index in [1.54, 1.807) is 12.3 Å². The number of hydrogen-bond donors (Lipinski definition) is 2. The van der Waals surface area contributed by atoms with Crippen LogP contribution in [-0.4, -0.2) is 33.5 Å². The molecule has 6 nitrogen and oxygen atoms in total. The van der Waals surface area contributed by atoms with Crippen molar-refractivity contribution in [2.75, 3.05) is 11.9 Å². The minimum Gasteiger partial charge on any atom is -0.368 e. The molecule has 2 aliphatic carbocycles. The molecule has 29 heavy (non-hydrogen) atoms. The number of rotatable bonds is 5. The number of aromatic nitrogens is 3. The van der Waals surface area contributed by atoms with Crippen molar-refractivity contribution in [1.82, 2.24) is 15.2 Å². The summed E-state index contributed by atoms with van der Waals surface area (Å²) >= 11 is 0. The first kappa shape index (κ1) is 18.4. The summed E-state index contributed by atoms with van der Waals surface area (Å²) in [7, 11) is 0. The normalized spacial score (nSPS) is 22.7. The minimum absolute atomic E-state index is 0.231. The molecule has 3 aliphatic rings. The first-order chi connectivity index (χ1) is 14.1. The highest BCUT2D eigenvalue weighted by Gasteiger charge is 2.41. The number of nitrogens with zero attached hydrogens (tertiary/aromatic N) is 4. The molecule has 1 saturated carbocycles. The molecule has 0 aromatic carbocycles. The van der Waals surface area contributed by atoms with Crippen LogP contribution in [0.15, 0.2) is 46.7 Å². The van der Waals surface area contributed by atoms with E-state index in [0.29, 0.717) is 18.1 Å². The summed E-state index contributed by atoms with van der Waals surface area (Å²) in [5, 5.41) is 12.1. The monoisotopic (exact) mass is 392 g/mol. The van der Waals surface area contributed by atoms with Gasteiger partial charge in [-0.15, -0.1) is 10.2 Å². The molecule has 1 fully saturated rings. The lowest BCUT2D eigenvalue weighted by Gasteiger charge is -2.41. The summed E-state index contributed by atoms with van der Waals surface area (Å²) in [5.74, 6) is 0.459. The third-order valence-electron chi connectivity index (χ3n) is 6.46. The summed E-state index contributed by atoms with van der Waals surface area (Å²) < 4.78 is 14.3. The van der Waals surface area contributed by atoms with Gasteiger partial charge >= 0.3 is 0 Å². The fourth-order valence-corrected chi connectivity index (χ4v) is 4.61. The Morgan fingerprint density at radius 3 is 2.83 bits per heavy atom. The lowest BCUT2D eigenvalue weighted by molar-refractivity contribution is 0.243. The fourth-order valence-electron chi connectivity index (χ4n) is 4.61. The molecule has 7 heteroatoms. The van der Waals surface area contributed by atoms with E-state index in [9.17, 15) is 4.39 Å². The molecular weight excluding hydrogens is 367 g/mol. The second-order valence-electron chi connectivity index (χ2n) is 8.41. The van der Waals surface area contributed by atoms with Gasteiger partial charge in [-0.3, -0.25) is 9.98 Å². The zero-order valence-corrected chi connectivity index (χ0v) is 16.4. The minimum atomic E-state index is -0.261. The largest absolute Gasteiger partial charge is 0.368 e. The molecular formula is C22H25FN6. The summed E-state index contributed by atoms with van der Waals surface area (Å²) in [6.07, 6.45) is 8.32. The molecule has 2 aromatic rings. The summed E-state index contributed by atoms with van der Waals surface area (Å²) in [4.78, 5) is 9.08. The van der Waals surface area contributed by atoms with Gasteiger partial charge in [0.05, 0.1) is 11.4 Å². The predicted octanol–water partition coefficient (Wildman–Crippen LogP) is 3.50. The van der Waals surface area contributed by atoms with Crippen molar-refractivity contribution >= 4 is 11.5 Å². The van der Waals surface area contributed by atoms with Gasteiger partial charge in [0.25, 0.3) is 0 Å². The lowest BCUT2D eigenvalue weighted by Crippen LogP contribution is -2.42. The van der Waals surface area contributed by atoms with E-state index in [0.717, 1.165) is 56.4 Å². The van der Waals surface area contributed by atoms with E-state index >= 15 is 0 Å². The van der Waals surface area contributed by atoms with Gasteiger partial charge in [-0.05, 0) is 61.9 Å². The highest BCUT2D eigenvalue weighted by molar-refractivity contribution is 6.02. The van der Waals surface area contributed by atoms with Crippen LogP contribution in [0.4, 0.5) is 10.2 Å². The lowest BCUT2D eigenvalue weighted by atomic mass is 9.66. The van der Waals surface area contributed by atoms with Crippen LogP contribution in [0.3, 0.4) is 0 Å². The highest BCUT2D eigenvalue weighted by Crippen LogP contribution is 2.43. The summed E-state index contributed by atoms with van der Waals surface area (Å²) in [6, 6.07) is 7.26. The number of aliphatic imine (C=N–C) groups is 1. The van der Waals surface area contributed by atoms with Crippen LogP contribution in [0.1, 0.15) is 56.3 Å². The number of anilines is 1. The average molecular weight is 392 g/mol. The van der Waals surface area contributed by atoms with Crippen LogP contribution in [0.25, 0.3) is 0 Å². The zero-order valence-electron chi connectivity index (χ0n) is 16.4. The van der Waals surface area contributed by atoms with E-state index in [-0.39, 0.29) is 17.3 Å². The Kier molecular flexibility index (Phi) is 4.62. The number of pyridine rings is 1. The van der Waals surface area contributed by atoms with Gasteiger partial charge in [0.2, 0.25) is 0 Å². The zero-order chi connectivity index (χ0) is 19.8. The molecule has 3 heterocycles. The molecule has 1 aliphatic heterocycles. The number of nitrogens with one attached hydrogen (secondary N) is 1. The average Bonchev–Trinajstić information content (AvgIpc) is 3.12. The maximum atomic E-state index is 14.3. The van der Waals surface area contributed by atoms with Gasteiger partial charge in [0, 0.05) is 36.3 Å². The highest BCUT2D eigenvalue weighted by atomic mass is 19.1. The molecule has 150 valence electrons. The Hall–Kier alpha value is -2.67. The number of allylic oxidation sites excluding steroid dienone is 1. The van der Waals surface area contributed by atoms with E-state index < -0.39 is 0 Å². The molecule has 0 bridgehead atoms. The summed E-state index contributed by atoms with van der Waals surface area (Å²) in [5.41, 5.74) is 10.7. The van der Waals surface area contributed by atoms with E-state index in [4.69, 9.17) is 10.7 Å². The van der Waals surface area contributed by atoms with Crippen molar-refractivity contribution in [2.24, 2.45) is 10.7 Å². The predicted molar refractivity (Wildman–Crippen MR) is 110 cm³/mol. The molecule has 0 radical (unpaired) electrons. The molecule has 0 saturated heterocycles. The second-order valence-corrected chi connectivity index (χ2v) is 8.41. The van der Waals surface area contributed by atoms with Crippen LogP contribution < -0.4 is 11.1 Å². The van der Waals surface area contributed by atoms with Gasteiger partial charge < -0.3 is 11.1 Å². The van der Waals surface area contributed by atoms with E-state index in [1.807, 2.05) is 12.1 Å². The number of halogens is 1. The molecule has 1 atom stereocenters. The third-order valence-corrected chi connectivity index (χ3v) is 6.46. The maximum absolute atomic E-state index is 14.3. The smallest absolute Gasteiger partial charge is 0.148 e. The van der Waals surface area contributed by atoms with Crippen LogP contribution >= 0.6 is 0 Å². The van der Waals surface area contributed by atoms with Gasteiger partial charge in [-0.25, -0.2) is 4.39 Å². The van der Waals surface area contributed by atoms with Gasteiger partial charge in [-0.1, -0.05) is 6.42 Å². The van der Waals surface area contributed by atoms with Crippen LogP contribution in [0.5, 0.6) is 0 Å². The van der Waals surface area contributed by atoms with Crippen LogP contribution in [0, 0.1) is 5.82 Å². The molecule has 0 amide bonds. The Balaban J connectivity index is 1.25. The van der Waals surface area contributed by atoms with Crippen molar-refractivity contribution in [3.8, 4) is 0 Å². The van der Waals surface area contributed by atoms with E-state index in [1.165, 1.54) is 17.3 Å². The molecule has 3 N–H and O–H groups in total. The quantitative estimate of drug-likeness (QED) is 0.813. The fraction of sp³-hybridized carbons (Fsp3) is 0.455. The van der Waals surface area contributed by atoms with Crippen molar-refractivity contribution in [3.63, 3.8) is 0 Å².